The topological polar surface area (TPSA) is 60.0 Å². The average molecular weight is 497 g/mol. The number of carbonyl (C=O) groups excluding carboxylic acids is 1. The fourth-order valence-electron chi connectivity index (χ4n) is 4.62. The van der Waals surface area contributed by atoms with Gasteiger partial charge in [0.25, 0.3) is 5.91 Å². The summed E-state index contributed by atoms with van der Waals surface area (Å²) in [6, 6.07) is 27.3. The molecule has 0 saturated carbocycles. The van der Waals surface area contributed by atoms with E-state index in [2.05, 4.69) is 10.2 Å². The molecule has 5 rings (SSSR count). The predicted molar refractivity (Wildman–Crippen MR) is 148 cm³/mol. The van der Waals surface area contributed by atoms with E-state index >= 15 is 0 Å². The summed E-state index contributed by atoms with van der Waals surface area (Å²) in [6.45, 7) is 7.44. The lowest BCUT2D eigenvalue weighted by atomic mass is 10.0. The zero-order valence-corrected chi connectivity index (χ0v) is 21.1. The van der Waals surface area contributed by atoms with Crippen molar-refractivity contribution in [1.29, 1.82) is 0 Å². The molecule has 4 aromatic carbocycles. The maximum absolute atomic E-state index is 13.3. The second-order valence-corrected chi connectivity index (χ2v) is 8.92. The molecule has 190 valence electrons. The summed E-state index contributed by atoms with van der Waals surface area (Å²) in [4.78, 5) is 15.6. The summed E-state index contributed by atoms with van der Waals surface area (Å²) in [6.07, 6.45) is 0. The van der Waals surface area contributed by atoms with Crippen molar-refractivity contribution in [3.8, 4) is 22.6 Å². The number of para-hydroxylation sites is 1. The summed E-state index contributed by atoms with van der Waals surface area (Å²) in [5, 5.41) is 5.02. The molecule has 1 saturated heterocycles. The Kier molecular flexibility index (Phi) is 7.99. The number of anilines is 1. The van der Waals surface area contributed by atoms with Gasteiger partial charge in [0.2, 0.25) is 0 Å². The van der Waals surface area contributed by atoms with Crippen LogP contribution in [0.4, 0.5) is 5.69 Å². The molecule has 0 aromatic heterocycles. The molecule has 1 aliphatic heterocycles. The zero-order chi connectivity index (χ0) is 25.5. The van der Waals surface area contributed by atoms with E-state index in [0.717, 1.165) is 71.9 Å². The Morgan fingerprint density at radius 1 is 0.865 bits per heavy atom. The van der Waals surface area contributed by atoms with Crippen molar-refractivity contribution >= 4 is 22.4 Å². The van der Waals surface area contributed by atoms with Crippen LogP contribution in [0.5, 0.6) is 11.5 Å². The SMILES string of the molecule is CCOc1ccccc1-c1cccc(C(=O)Nc2ccc(OCCN3CCOCC3)c3ccccc23)c1. The number of nitrogens with one attached hydrogen (secondary N) is 1. The maximum atomic E-state index is 13.3. The van der Waals surface area contributed by atoms with Crippen LogP contribution >= 0.6 is 0 Å². The van der Waals surface area contributed by atoms with Gasteiger partial charge in [-0.15, -0.1) is 0 Å². The number of nitrogens with zero attached hydrogens (tertiary/aromatic N) is 1. The molecule has 6 heteroatoms. The van der Waals surface area contributed by atoms with Gasteiger partial charge in [-0.05, 0) is 42.8 Å². The van der Waals surface area contributed by atoms with Gasteiger partial charge in [0.1, 0.15) is 18.1 Å². The number of ether oxygens (including phenoxy) is 3. The minimum Gasteiger partial charge on any atom is -0.493 e. The summed E-state index contributed by atoms with van der Waals surface area (Å²) in [5.41, 5.74) is 3.23. The van der Waals surface area contributed by atoms with Gasteiger partial charge in [0, 0.05) is 47.2 Å². The van der Waals surface area contributed by atoms with Crippen LogP contribution in [0, 0.1) is 0 Å². The Labute approximate surface area is 217 Å². The minimum atomic E-state index is -0.165. The molecule has 0 radical (unpaired) electrons. The van der Waals surface area contributed by atoms with Crippen LogP contribution in [0.2, 0.25) is 0 Å². The number of benzene rings is 4. The monoisotopic (exact) mass is 496 g/mol. The van der Waals surface area contributed by atoms with E-state index in [4.69, 9.17) is 14.2 Å². The number of fused-ring (bicyclic) bond motifs is 1. The molecule has 0 bridgehead atoms. The van der Waals surface area contributed by atoms with Gasteiger partial charge >= 0.3 is 0 Å². The Morgan fingerprint density at radius 2 is 1.65 bits per heavy atom. The van der Waals surface area contributed by atoms with Crippen molar-refractivity contribution in [1.82, 2.24) is 4.90 Å². The van der Waals surface area contributed by atoms with Crippen molar-refractivity contribution in [2.75, 3.05) is 51.4 Å². The molecule has 0 atom stereocenters. The number of carbonyl (C=O) groups is 1. The molecular weight excluding hydrogens is 464 g/mol. The van der Waals surface area contributed by atoms with Crippen LogP contribution in [0.3, 0.4) is 0 Å². The van der Waals surface area contributed by atoms with Gasteiger partial charge in [0.05, 0.1) is 19.8 Å². The van der Waals surface area contributed by atoms with Crippen molar-refractivity contribution in [3.63, 3.8) is 0 Å². The Balaban J connectivity index is 1.33. The Morgan fingerprint density at radius 3 is 2.49 bits per heavy atom. The lowest BCUT2D eigenvalue weighted by Gasteiger charge is -2.26. The third kappa shape index (κ3) is 5.93. The third-order valence-corrected chi connectivity index (χ3v) is 6.52. The first-order chi connectivity index (χ1) is 18.2. The van der Waals surface area contributed by atoms with Crippen LogP contribution in [-0.4, -0.2) is 56.9 Å². The molecule has 1 N–H and O–H groups in total. The number of morpholine rings is 1. The molecule has 1 heterocycles. The summed E-state index contributed by atoms with van der Waals surface area (Å²) in [7, 11) is 0. The first kappa shape index (κ1) is 24.8. The highest BCUT2D eigenvalue weighted by molar-refractivity contribution is 6.10. The quantitative estimate of drug-likeness (QED) is 0.314. The lowest BCUT2D eigenvalue weighted by molar-refractivity contribution is 0.0323. The summed E-state index contributed by atoms with van der Waals surface area (Å²) >= 11 is 0. The van der Waals surface area contributed by atoms with E-state index in [1.54, 1.807) is 0 Å². The predicted octanol–water partition coefficient (Wildman–Crippen LogP) is 5.87. The summed E-state index contributed by atoms with van der Waals surface area (Å²) < 4.78 is 17.4. The molecule has 6 nitrogen and oxygen atoms in total. The first-order valence-corrected chi connectivity index (χ1v) is 12.8. The van der Waals surface area contributed by atoms with Gasteiger partial charge < -0.3 is 19.5 Å². The second-order valence-electron chi connectivity index (χ2n) is 8.92. The highest BCUT2D eigenvalue weighted by Crippen LogP contribution is 2.33. The smallest absolute Gasteiger partial charge is 0.255 e. The second kappa shape index (κ2) is 11.9. The molecule has 1 aliphatic rings. The number of rotatable bonds is 9. The fourth-order valence-corrected chi connectivity index (χ4v) is 4.62. The van der Waals surface area contributed by atoms with E-state index in [9.17, 15) is 4.79 Å². The maximum Gasteiger partial charge on any atom is 0.255 e. The molecule has 0 aliphatic carbocycles. The zero-order valence-electron chi connectivity index (χ0n) is 21.1. The van der Waals surface area contributed by atoms with Crippen LogP contribution < -0.4 is 14.8 Å². The van der Waals surface area contributed by atoms with Crippen LogP contribution in [-0.2, 0) is 4.74 Å². The van der Waals surface area contributed by atoms with Gasteiger partial charge in [-0.25, -0.2) is 0 Å². The highest BCUT2D eigenvalue weighted by Gasteiger charge is 2.14. The molecule has 0 unspecified atom stereocenters. The normalized spacial score (nSPS) is 13.9. The van der Waals surface area contributed by atoms with Crippen molar-refractivity contribution in [3.05, 3.63) is 90.5 Å². The van der Waals surface area contributed by atoms with E-state index in [0.29, 0.717) is 18.8 Å². The average Bonchev–Trinajstić information content (AvgIpc) is 2.95. The molecular formula is C31H32N2O4. The lowest BCUT2D eigenvalue weighted by Crippen LogP contribution is -2.38. The Hall–Kier alpha value is -3.87. The van der Waals surface area contributed by atoms with Crippen LogP contribution in [0.15, 0.2) is 84.9 Å². The Bertz CT molecular complexity index is 1360. The number of amides is 1. The van der Waals surface area contributed by atoms with Crippen LogP contribution in [0.1, 0.15) is 17.3 Å². The van der Waals surface area contributed by atoms with Crippen molar-refractivity contribution in [2.45, 2.75) is 6.92 Å². The summed E-state index contributed by atoms with van der Waals surface area (Å²) in [5.74, 6) is 1.45. The molecule has 1 amide bonds. The molecule has 37 heavy (non-hydrogen) atoms. The van der Waals surface area contributed by atoms with E-state index in [1.165, 1.54) is 0 Å². The fraction of sp³-hybridized carbons (Fsp3) is 0.258. The van der Waals surface area contributed by atoms with E-state index in [1.807, 2.05) is 91.9 Å². The van der Waals surface area contributed by atoms with Gasteiger partial charge in [-0.3, -0.25) is 9.69 Å². The minimum absolute atomic E-state index is 0.165. The largest absolute Gasteiger partial charge is 0.493 e. The van der Waals surface area contributed by atoms with E-state index < -0.39 is 0 Å². The third-order valence-electron chi connectivity index (χ3n) is 6.52. The van der Waals surface area contributed by atoms with Gasteiger partial charge in [0.15, 0.2) is 0 Å². The van der Waals surface area contributed by atoms with Crippen LogP contribution in [0.25, 0.3) is 21.9 Å². The molecule has 4 aromatic rings. The first-order valence-electron chi connectivity index (χ1n) is 12.8. The number of hydrogen-bond donors (Lipinski definition) is 1. The number of hydrogen-bond acceptors (Lipinski definition) is 5. The molecule has 1 fully saturated rings. The van der Waals surface area contributed by atoms with E-state index in [-0.39, 0.29) is 5.91 Å². The van der Waals surface area contributed by atoms with Crippen molar-refractivity contribution < 1.29 is 19.0 Å². The van der Waals surface area contributed by atoms with Gasteiger partial charge in [-0.1, -0.05) is 54.6 Å². The van der Waals surface area contributed by atoms with Crippen molar-refractivity contribution in [2.24, 2.45) is 0 Å². The molecule has 0 spiro atoms. The standard InChI is InChI=1S/C31H32N2O4/c1-2-36-29-13-6-5-10-25(29)23-8-7-9-24(22-23)31(34)32-28-14-15-30(27-12-4-3-11-26(27)28)37-21-18-33-16-19-35-20-17-33/h3-15,22H,2,16-21H2,1H3,(H,32,34). The highest BCUT2D eigenvalue weighted by atomic mass is 16.5. The van der Waals surface area contributed by atoms with Gasteiger partial charge in [-0.2, -0.15) is 0 Å².